The molecule has 7 nitrogen and oxygen atoms in total. The molecule has 1 atom stereocenters. The van der Waals surface area contributed by atoms with Crippen LogP contribution in [0.2, 0.25) is 0 Å². The van der Waals surface area contributed by atoms with Gasteiger partial charge in [-0.05, 0) is 38.3 Å². The predicted molar refractivity (Wildman–Crippen MR) is 123 cm³/mol. The smallest absolute Gasteiger partial charge is 0.214 e. The number of likely N-dealkylation sites (tertiary alicyclic amines) is 1. The standard InChI is InChI=1S/C18H37N5O2S.HI/c1-16(2)17(22-10-6-4-5-7-11-22)15-21-18(19-3)20-9-13-23-12-8-14-26(23,24)25;/h16-17H,4-15H2,1-3H3,(H2,19,20,21);1H. The van der Waals surface area contributed by atoms with Gasteiger partial charge in [-0.15, -0.1) is 24.0 Å². The van der Waals surface area contributed by atoms with E-state index in [2.05, 4.69) is 34.4 Å². The molecule has 9 heteroatoms. The van der Waals surface area contributed by atoms with Crippen LogP contribution in [0.1, 0.15) is 46.0 Å². The van der Waals surface area contributed by atoms with E-state index in [9.17, 15) is 8.42 Å². The summed E-state index contributed by atoms with van der Waals surface area (Å²) >= 11 is 0. The van der Waals surface area contributed by atoms with Gasteiger partial charge in [0.1, 0.15) is 0 Å². The van der Waals surface area contributed by atoms with Crippen LogP contribution in [0.4, 0.5) is 0 Å². The number of halogens is 1. The molecular formula is C18H38IN5O2S. The van der Waals surface area contributed by atoms with Crippen molar-refractivity contribution in [1.29, 1.82) is 0 Å². The summed E-state index contributed by atoms with van der Waals surface area (Å²) < 4.78 is 25.3. The van der Waals surface area contributed by atoms with E-state index >= 15 is 0 Å². The van der Waals surface area contributed by atoms with Crippen molar-refractivity contribution in [3.8, 4) is 0 Å². The number of hydrogen-bond donors (Lipinski definition) is 2. The molecule has 0 radical (unpaired) electrons. The normalized spacial score (nSPS) is 22.9. The van der Waals surface area contributed by atoms with Crippen molar-refractivity contribution in [2.24, 2.45) is 10.9 Å². The number of nitrogens with zero attached hydrogens (tertiary/aromatic N) is 3. The van der Waals surface area contributed by atoms with Crippen molar-refractivity contribution in [3.63, 3.8) is 0 Å². The first-order valence-corrected chi connectivity index (χ1v) is 11.7. The lowest BCUT2D eigenvalue weighted by molar-refractivity contribution is 0.161. The summed E-state index contributed by atoms with van der Waals surface area (Å²) in [5, 5.41) is 6.70. The van der Waals surface area contributed by atoms with E-state index in [0.29, 0.717) is 31.6 Å². The number of sulfonamides is 1. The van der Waals surface area contributed by atoms with Gasteiger partial charge in [0.2, 0.25) is 10.0 Å². The van der Waals surface area contributed by atoms with E-state index in [1.54, 1.807) is 11.4 Å². The molecule has 0 bridgehead atoms. The number of rotatable bonds is 7. The number of guanidine groups is 1. The van der Waals surface area contributed by atoms with Gasteiger partial charge >= 0.3 is 0 Å². The molecule has 0 amide bonds. The summed E-state index contributed by atoms with van der Waals surface area (Å²) in [5.41, 5.74) is 0. The monoisotopic (exact) mass is 515 g/mol. The van der Waals surface area contributed by atoms with Gasteiger partial charge in [-0.1, -0.05) is 26.7 Å². The number of hydrogen-bond acceptors (Lipinski definition) is 4. The molecule has 2 aliphatic rings. The Bertz CT molecular complexity index is 548. The van der Waals surface area contributed by atoms with E-state index in [-0.39, 0.29) is 29.7 Å². The summed E-state index contributed by atoms with van der Waals surface area (Å²) in [6.07, 6.45) is 6.01. The maximum absolute atomic E-state index is 11.8. The summed E-state index contributed by atoms with van der Waals surface area (Å²) in [6, 6.07) is 0.491. The summed E-state index contributed by atoms with van der Waals surface area (Å²) in [5.74, 6) is 1.61. The Labute approximate surface area is 182 Å². The average molecular weight is 516 g/mol. The van der Waals surface area contributed by atoms with Crippen LogP contribution in [0.25, 0.3) is 0 Å². The Kier molecular flexibility index (Phi) is 11.5. The third-order valence-corrected chi connectivity index (χ3v) is 7.39. The van der Waals surface area contributed by atoms with E-state index in [0.717, 1.165) is 18.9 Å². The zero-order valence-corrected chi connectivity index (χ0v) is 20.3. The molecule has 1 unspecified atom stereocenters. The Morgan fingerprint density at radius 3 is 2.22 bits per heavy atom. The van der Waals surface area contributed by atoms with E-state index in [4.69, 9.17) is 0 Å². The van der Waals surface area contributed by atoms with Crippen molar-refractivity contribution in [2.75, 3.05) is 52.1 Å². The Balaban J connectivity index is 0.00000364. The topological polar surface area (TPSA) is 77.0 Å². The lowest BCUT2D eigenvalue weighted by Crippen LogP contribution is -2.50. The van der Waals surface area contributed by atoms with Crippen molar-refractivity contribution >= 4 is 40.0 Å². The van der Waals surface area contributed by atoms with Crippen LogP contribution in [0.15, 0.2) is 4.99 Å². The van der Waals surface area contributed by atoms with Crippen LogP contribution in [-0.4, -0.2) is 81.7 Å². The molecule has 0 spiro atoms. The first-order valence-electron chi connectivity index (χ1n) is 10.1. The van der Waals surface area contributed by atoms with Crippen LogP contribution < -0.4 is 10.6 Å². The minimum Gasteiger partial charge on any atom is -0.355 e. The minimum absolute atomic E-state index is 0. The molecule has 0 aromatic rings. The molecule has 2 aliphatic heterocycles. The minimum atomic E-state index is -3.02. The fourth-order valence-electron chi connectivity index (χ4n) is 3.88. The fraction of sp³-hybridized carbons (Fsp3) is 0.944. The van der Waals surface area contributed by atoms with Gasteiger partial charge in [0.25, 0.3) is 0 Å². The van der Waals surface area contributed by atoms with Crippen LogP contribution >= 0.6 is 24.0 Å². The SMILES string of the molecule is CN=C(NCCN1CCCS1(=O)=O)NCC(C(C)C)N1CCCCCC1.I. The molecular weight excluding hydrogens is 477 g/mol. The van der Waals surface area contributed by atoms with Crippen molar-refractivity contribution in [1.82, 2.24) is 19.8 Å². The Morgan fingerprint density at radius 2 is 1.70 bits per heavy atom. The van der Waals surface area contributed by atoms with Crippen molar-refractivity contribution < 1.29 is 8.42 Å². The number of aliphatic imine (C=N–C) groups is 1. The van der Waals surface area contributed by atoms with E-state index < -0.39 is 10.0 Å². The Hall–Kier alpha value is -0.130. The van der Waals surface area contributed by atoms with Gasteiger partial charge in [-0.2, -0.15) is 0 Å². The fourth-order valence-corrected chi connectivity index (χ4v) is 5.41. The van der Waals surface area contributed by atoms with Gasteiger partial charge < -0.3 is 10.6 Å². The zero-order valence-electron chi connectivity index (χ0n) is 17.1. The number of nitrogens with one attached hydrogen (secondary N) is 2. The molecule has 2 heterocycles. The molecule has 0 saturated carbocycles. The third-order valence-electron chi connectivity index (χ3n) is 5.44. The summed E-state index contributed by atoms with van der Waals surface area (Å²) in [7, 11) is -1.26. The van der Waals surface area contributed by atoms with Crippen molar-refractivity contribution in [2.45, 2.75) is 52.0 Å². The molecule has 0 aromatic heterocycles. The lowest BCUT2D eigenvalue weighted by atomic mass is 10.0. The second kappa shape index (κ2) is 12.4. The quantitative estimate of drug-likeness (QED) is 0.307. The molecule has 0 aliphatic carbocycles. The molecule has 2 fully saturated rings. The van der Waals surface area contributed by atoms with Crippen molar-refractivity contribution in [3.05, 3.63) is 0 Å². The highest BCUT2D eigenvalue weighted by atomic mass is 127. The van der Waals surface area contributed by atoms with Gasteiger partial charge in [0.15, 0.2) is 5.96 Å². The maximum atomic E-state index is 11.8. The highest BCUT2D eigenvalue weighted by Gasteiger charge is 2.27. The second-order valence-electron chi connectivity index (χ2n) is 7.71. The van der Waals surface area contributed by atoms with Gasteiger partial charge in [0, 0.05) is 39.3 Å². The highest BCUT2D eigenvalue weighted by Crippen LogP contribution is 2.17. The van der Waals surface area contributed by atoms with E-state index in [1.165, 1.54) is 38.8 Å². The van der Waals surface area contributed by atoms with E-state index in [1.807, 2.05) is 0 Å². The second-order valence-corrected chi connectivity index (χ2v) is 9.80. The third kappa shape index (κ3) is 8.02. The van der Waals surface area contributed by atoms with Gasteiger partial charge in [0.05, 0.1) is 5.75 Å². The molecule has 160 valence electrons. The largest absolute Gasteiger partial charge is 0.355 e. The first kappa shape index (κ1) is 24.9. The molecule has 2 N–H and O–H groups in total. The van der Waals surface area contributed by atoms with Crippen LogP contribution in [-0.2, 0) is 10.0 Å². The highest BCUT2D eigenvalue weighted by molar-refractivity contribution is 14.0. The summed E-state index contributed by atoms with van der Waals surface area (Å²) in [6.45, 7) is 9.52. The van der Waals surface area contributed by atoms with Gasteiger partial charge in [-0.3, -0.25) is 9.89 Å². The average Bonchev–Trinajstić information content (AvgIpc) is 2.79. The predicted octanol–water partition coefficient (Wildman–Crippen LogP) is 1.71. The first-order chi connectivity index (χ1) is 12.4. The van der Waals surface area contributed by atoms with Crippen LogP contribution in [0.5, 0.6) is 0 Å². The molecule has 0 aromatic carbocycles. The van der Waals surface area contributed by atoms with Gasteiger partial charge in [-0.25, -0.2) is 12.7 Å². The summed E-state index contributed by atoms with van der Waals surface area (Å²) in [4.78, 5) is 6.91. The lowest BCUT2D eigenvalue weighted by Gasteiger charge is -2.34. The molecule has 2 rings (SSSR count). The Morgan fingerprint density at radius 1 is 1.04 bits per heavy atom. The van der Waals surface area contributed by atoms with Crippen LogP contribution in [0, 0.1) is 5.92 Å². The maximum Gasteiger partial charge on any atom is 0.214 e. The van der Waals surface area contributed by atoms with Crippen LogP contribution in [0.3, 0.4) is 0 Å². The molecule has 27 heavy (non-hydrogen) atoms. The molecule has 2 saturated heterocycles. The zero-order chi connectivity index (χ0) is 19.0.